The summed E-state index contributed by atoms with van der Waals surface area (Å²) < 4.78 is 15.2. The van der Waals surface area contributed by atoms with Gasteiger partial charge in [-0.2, -0.15) is 0 Å². The fourth-order valence-electron chi connectivity index (χ4n) is 4.99. The Morgan fingerprint density at radius 1 is 1.09 bits per heavy atom. The van der Waals surface area contributed by atoms with Crippen LogP contribution < -0.4 is 5.32 Å². The molecule has 7 heteroatoms. The second-order valence-corrected chi connectivity index (χ2v) is 8.40. The molecule has 2 aliphatic rings. The number of aryl methyl sites for hydroxylation is 2. The van der Waals surface area contributed by atoms with E-state index >= 15 is 0 Å². The van der Waals surface area contributed by atoms with Crippen LogP contribution in [0.2, 0.25) is 0 Å². The van der Waals surface area contributed by atoms with Gasteiger partial charge < -0.3 is 9.88 Å². The van der Waals surface area contributed by atoms with Crippen LogP contribution in [-0.2, 0) is 16.8 Å². The van der Waals surface area contributed by atoms with E-state index in [9.17, 15) is 18.8 Å². The van der Waals surface area contributed by atoms with Gasteiger partial charge in [-0.3, -0.25) is 14.5 Å². The first-order valence-electron chi connectivity index (χ1n) is 10.5. The van der Waals surface area contributed by atoms with Crippen LogP contribution in [0.25, 0.3) is 5.69 Å². The molecule has 1 aliphatic carbocycles. The predicted molar refractivity (Wildman–Crippen MR) is 116 cm³/mol. The van der Waals surface area contributed by atoms with E-state index in [1.165, 1.54) is 12.1 Å². The number of Topliss-reactive ketones (excluding diaryl/α,β-unsaturated/α-hetero) is 1. The molecule has 1 saturated heterocycles. The van der Waals surface area contributed by atoms with Gasteiger partial charge in [-0.15, -0.1) is 0 Å². The summed E-state index contributed by atoms with van der Waals surface area (Å²) in [5, 5.41) is 2.85. The van der Waals surface area contributed by atoms with Gasteiger partial charge >= 0.3 is 6.03 Å². The molecule has 5 rings (SSSR count). The van der Waals surface area contributed by atoms with Gasteiger partial charge in [0.2, 0.25) is 0 Å². The van der Waals surface area contributed by atoms with E-state index in [2.05, 4.69) is 5.32 Å². The fraction of sp³-hybridized carbons (Fsp3) is 0.240. The van der Waals surface area contributed by atoms with Crippen molar-refractivity contribution in [3.05, 3.63) is 88.5 Å². The number of benzene rings is 2. The molecular weight excluding hydrogens is 409 g/mol. The average molecular weight is 431 g/mol. The van der Waals surface area contributed by atoms with Gasteiger partial charge in [-0.1, -0.05) is 24.3 Å². The van der Waals surface area contributed by atoms with Crippen molar-refractivity contribution in [2.24, 2.45) is 0 Å². The van der Waals surface area contributed by atoms with Gasteiger partial charge in [0, 0.05) is 22.6 Å². The monoisotopic (exact) mass is 431 g/mol. The molecule has 6 nitrogen and oxygen atoms in total. The summed E-state index contributed by atoms with van der Waals surface area (Å²) in [7, 11) is 0. The van der Waals surface area contributed by atoms with Crippen molar-refractivity contribution in [1.82, 2.24) is 14.8 Å². The van der Waals surface area contributed by atoms with E-state index in [0.29, 0.717) is 24.1 Å². The van der Waals surface area contributed by atoms with Gasteiger partial charge in [-0.05, 0) is 68.1 Å². The zero-order chi connectivity index (χ0) is 22.6. The number of carbonyl (C=O) groups excluding carboxylic acids is 3. The van der Waals surface area contributed by atoms with Gasteiger partial charge in [0.15, 0.2) is 5.78 Å². The highest BCUT2D eigenvalue weighted by Gasteiger charge is 2.55. The van der Waals surface area contributed by atoms with Crippen molar-refractivity contribution in [3.63, 3.8) is 0 Å². The SMILES string of the molecule is Cc1cc(C(=O)CN2C(=O)N[C@]3(CCc4ccccc43)C2=O)c(C)n1-c1ccc(F)cc1. The molecule has 2 aromatic carbocycles. The Hall–Kier alpha value is -3.74. The summed E-state index contributed by atoms with van der Waals surface area (Å²) in [5.74, 6) is -1.04. The Labute approximate surface area is 184 Å². The summed E-state index contributed by atoms with van der Waals surface area (Å²) in [6.07, 6.45) is 1.18. The van der Waals surface area contributed by atoms with E-state index in [1.54, 1.807) is 25.1 Å². The highest BCUT2D eigenvalue weighted by Crippen LogP contribution is 2.41. The molecule has 1 atom stereocenters. The second-order valence-electron chi connectivity index (χ2n) is 8.40. The van der Waals surface area contributed by atoms with Crippen LogP contribution >= 0.6 is 0 Å². The molecule has 0 radical (unpaired) electrons. The molecular formula is C25H22FN3O3. The second kappa shape index (κ2) is 7.15. The number of halogens is 1. The Kier molecular flexibility index (Phi) is 4.51. The van der Waals surface area contributed by atoms with Crippen molar-refractivity contribution < 1.29 is 18.8 Å². The molecule has 32 heavy (non-hydrogen) atoms. The van der Waals surface area contributed by atoms with Crippen LogP contribution in [0.5, 0.6) is 0 Å². The molecule has 1 aromatic heterocycles. The Morgan fingerprint density at radius 2 is 1.81 bits per heavy atom. The topological polar surface area (TPSA) is 71.4 Å². The minimum Gasteiger partial charge on any atom is -0.319 e. The number of carbonyl (C=O) groups is 3. The number of imide groups is 1. The lowest BCUT2D eigenvalue weighted by atomic mass is 9.92. The maximum atomic E-state index is 13.3. The number of urea groups is 1. The third kappa shape index (κ3) is 2.88. The smallest absolute Gasteiger partial charge is 0.319 e. The lowest BCUT2D eigenvalue weighted by molar-refractivity contribution is -0.131. The first-order chi connectivity index (χ1) is 15.3. The third-order valence-electron chi connectivity index (χ3n) is 6.54. The highest BCUT2D eigenvalue weighted by molar-refractivity contribution is 6.12. The molecule has 3 aromatic rings. The van der Waals surface area contributed by atoms with E-state index in [4.69, 9.17) is 0 Å². The normalized spacial score (nSPS) is 19.5. The van der Waals surface area contributed by atoms with Crippen LogP contribution in [0.4, 0.5) is 9.18 Å². The fourth-order valence-corrected chi connectivity index (χ4v) is 4.99. The van der Waals surface area contributed by atoms with Crippen molar-refractivity contribution in [2.75, 3.05) is 6.54 Å². The third-order valence-corrected chi connectivity index (χ3v) is 6.54. The molecule has 1 spiro atoms. The predicted octanol–water partition coefficient (Wildman–Crippen LogP) is 3.81. The zero-order valence-corrected chi connectivity index (χ0v) is 17.8. The number of nitrogens with zero attached hydrogens (tertiary/aromatic N) is 2. The summed E-state index contributed by atoms with van der Waals surface area (Å²) >= 11 is 0. The lowest BCUT2D eigenvalue weighted by Crippen LogP contribution is -2.42. The first-order valence-corrected chi connectivity index (χ1v) is 10.5. The molecule has 2 heterocycles. The largest absolute Gasteiger partial charge is 0.325 e. The van der Waals surface area contributed by atoms with E-state index in [1.807, 2.05) is 35.8 Å². The average Bonchev–Trinajstić information content (AvgIpc) is 3.37. The minimum absolute atomic E-state index is 0.321. The lowest BCUT2D eigenvalue weighted by Gasteiger charge is -2.22. The highest BCUT2D eigenvalue weighted by atomic mass is 19.1. The Balaban J connectivity index is 1.43. The van der Waals surface area contributed by atoms with Crippen LogP contribution in [0.3, 0.4) is 0 Å². The number of rotatable bonds is 4. The number of hydrogen-bond donors (Lipinski definition) is 1. The standard InChI is InChI=1S/C25H22FN3O3/c1-15-13-20(16(2)29(15)19-9-7-18(26)8-10-19)22(30)14-28-23(31)25(27-24(28)32)12-11-17-5-3-4-6-21(17)25/h3-10,13H,11-12,14H2,1-2H3,(H,27,32)/t25-/m0/s1. The summed E-state index contributed by atoms with van der Waals surface area (Å²) in [6.45, 7) is 3.32. The van der Waals surface area contributed by atoms with Crippen LogP contribution in [0.15, 0.2) is 54.6 Å². The number of ketones is 1. The van der Waals surface area contributed by atoms with E-state index in [0.717, 1.165) is 27.4 Å². The molecule has 3 amide bonds. The van der Waals surface area contributed by atoms with Gasteiger partial charge in [0.05, 0.1) is 6.54 Å². The van der Waals surface area contributed by atoms with Crippen LogP contribution in [0.1, 0.15) is 39.3 Å². The van der Waals surface area contributed by atoms with Gasteiger partial charge in [-0.25, -0.2) is 9.18 Å². The first kappa shape index (κ1) is 20.2. The molecule has 1 aliphatic heterocycles. The molecule has 0 bridgehead atoms. The minimum atomic E-state index is -1.08. The molecule has 1 fully saturated rings. The Morgan fingerprint density at radius 3 is 2.56 bits per heavy atom. The van der Waals surface area contributed by atoms with Crippen molar-refractivity contribution in [2.45, 2.75) is 32.2 Å². The van der Waals surface area contributed by atoms with Crippen molar-refractivity contribution in [1.29, 1.82) is 0 Å². The summed E-state index contributed by atoms with van der Waals surface area (Å²) in [6, 6.07) is 14.8. The van der Waals surface area contributed by atoms with Crippen molar-refractivity contribution >= 4 is 17.7 Å². The Bertz CT molecular complexity index is 1280. The number of fused-ring (bicyclic) bond motifs is 2. The summed E-state index contributed by atoms with van der Waals surface area (Å²) in [5.41, 5.74) is 3.40. The molecule has 0 saturated carbocycles. The van der Waals surface area contributed by atoms with E-state index < -0.39 is 11.6 Å². The maximum Gasteiger partial charge on any atom is 0.325 e. The van der Waals surface area contributed by atoms with Gasteiger partial charge in [0.1, 0.15) is 11.4 Å². The van der Waals surface area contributed by atoms with Crippen LogP contribution in [0, 0.1) is 19.7 Å². The number of amides is 3. The number of nitrogens with one attached hydrogen (secondary N) is 1. The van der Waals surface area contributed by atoms with Crippen molar-refractivity contribution in [3.8, 4) is 5.69 Å². The van der Waals surface area contributed by atoms with Gasteiger partial charge in [0.25, 0.3) is 5.91 Å². The quantitative estimate of drug-likeness (QED) is 0.504. The number of hydrogen-bond acceptors (Lipinski definition) is 3. The molecule has 0 unspecified atom stereocenters. The van der Waals surface area contributed by atoms with Crippen LogP contribution in [-0.4, -0.2) is 33.7 Å². The maximum absolute atomic E-state index is 13.3. The summed E-state index contributed by atoms with van der Waals surface area (Å²) in [4.78, 5) is 40.3. The van der Waals surface area contributed by atoms with E-state index in [-0.39, 0.29) is 24.1 Å². The zero-order valence-electron chi connectivity index (χ0n) is 17.8. The molecule has 1 N–H and O–H groups in total. The molecule has 162 valence electrons. The number of aromatic nitrogens is 1.